The molecular weight excluding hydrogens is 528 g/mol. The molecule has 0 radical (unpaired) electrons. The summed E-state index contributed by atoms with van der Waals surface area (Å²) < 4.78 is 6.43. The minimum absolute atomic E-state index is 0. The lowest BCUT2D eigenvalue weighted by molar-refractivity contribution is -0.893. The number of unbranched alkanes of at least 4 members (excludes halogenated alkanes) is 15. The summed E-state index contributed by atoms with van der Waals surface area (Å²) in [6.07, 6.45) is 20.4. The molecule has 0 saturated heterocycles. The zero-order valence-electron chi connectivity index (χ0n) is 26.9. The third-order valence-corrected chi connectivity index (χ3v) is 7.66. The number of nitrogens with zero attached hydrogens (tertiary/aromatic N) is 2. The number of aliphatic hydroxyl groups is 3. The van der Waals surface area contributed by atoms with Crippen LogP contribution in [0.2, 0.25) is 0 Å². The van der Waals surface area contributed by atoms with Gasteiger partial charge in [-0.25, -0.2) is 0 Å². The van der Waals surface area contributed by atoms with Crippen LogP contribution in [0.1, 0.15) is 130 Å². The van der Waals surface area contributed by atoms with Crippen LogP contribution >= 0.6 is 12.4 Å². The van der Waals surface area contributed by atoms with E-state index in [-0.39, 0.29) is 38.8 Å². The third-order valence-electron chi connectivity index (χ3n) is 7.66. The van der Waals surface area contributed by atoms with Crippen LogP contribution in [-0.4, -0.2) is 91.5 Å². The molecule has 0 rings (SSSR count). The Kier molecular flexibility index (Phi) is 27.3. The first-order valence-electron chi connectivity index (χ1n) is 16.1. The average Bonchev–Trinajstić information content (AvgIpc) is 2.87. The van der Waals surface area contributed by atoms with Crippen molar-refractivity contribution < 1.29 is 29.6 Å². The van der Waals surface area contributed by atoms with E-state index in [0.29, 0.717) is 13.0 Å². The number of rotatable bonds is 28. The molecule has 0 spiro atoms. The lowest BCUT2D eigenvalue weighted by Crippen LogP contribution is -2.48. The first-order chi connectivity index (χ1) is 18.6. The van der Waals surface area contributed by atoms with Gasteiger partial charge < -0.3 is 34.6 Å². The van der Waals surface area contributed by atoms with E-state index in [1.807, 2.05) is 0 Å². The number of aliphatic hydroxyl groups excluding tert-OH is 3. The first kappa shape index (κ1) is 41.7. The molecule has 0 aliphatic rings. The molecule has 0 saturated carbocycles. The quantitative estimate of drug-likeness (QED) is 0.0470. The molecule has 0 amide bonds. The third kappa shape index (κ3) is 24.2. The van der Waals surface area contributed by atoms with Crippen molar-refractivity contribution in [2.24, 2.45) is 10.4 Å². The van der Waals surface area contributed by atoms with Gasteiger partial charge in [0.2, 0.25) is 0 Å². The van der Waals surface area contributed by atoms with E-state index in [1.165, 1.54) is 103 Å². The summed E-state index contributed by atoms with van der Waals surface area (Å²) in [4.78, 5) is 3.80. The molecule has 7 nitrogen and oxygen atoms in total. The Balaban J connectivity index is 0. The minimum Gasteiger partial charge on any atom is -0.860 e. The zero-order chi connectivity index (χ0) is 29.4. The van der Waals surface area contributed by atoms with E-state index in [1.54, 1.807) is 13.8 Å². The zero-order valence-corrected chi connectivity index (χ0v) is 27.7. The van der Waals surface area contributed by atoms with Crippen molar-refractivity contribution in [3.63, 3.8) is 0 Å². The van der Waals surface area contributed by atoms with E-state index in [2.05, 4.69) is 26.0 Å². The monoisotopic (exact) mass is 594 g/mol. The predicted molar refractivity (Wildman–Crippen MR) is 169 cm³/mol. The summed E-state index contributed by atoms with van der Waals surface area (Å²) in [6, 6.07) is 0. The van der Waals surface area contributed by atoms with Gasteiger partial charge in [-0.15, -0.1) is 12.4 Å². The molecule has 3 N–H and O–H groups in total. The Bertz CT molecular complexity index is 590. The Morgan fingerprint density at radius 3 is 1.70 bits per heavy atom. The number of likely N-dealkylation sites (N-methyl/N-ethyl adjacent to an activating group) is 1. The number of quaternary nitrogens is 1. The molecule has 0 aliphatic carbocycles. The molecule has 0 fully saturated rings. The molecule has 2 unspecified atom stereocenters. The van der Waals surface area contributed by atoms with Crippen molar-refractivity contribution in [1.82, 2.24) is 0 Å². The van der Waals surface area contributed by atoms with E-state index < -0.39 is 23.5 Å². The number of hydrogen-bond acceptors (Lipinski definition) is 6. The van der Waals surface area contributed by atoms with Crippen LogP contribution in [0.25, 0.3) is 0 Å². The van der Waals surface area contributed by atoms with Crippen LogP contribution < -0.4 is 5.11 Å². The molecule has 242 valence electrons. The van der Waals surface area contributed by atoms with Gasteiger partial charge in [-0.05, 0) is 25.2 Å². The highest BCUT2D eigenvalue weighted by Crippen LogP contribution is 2.22. The van der Waals surface area contributed by atoms with Gasteiger partial charge in [-0.1, -0.05) is 111 Å². The van der Waals surface area contributed by atoms with E-state index in [4.69, 9.17) is 9.84 Å². The Morgan fingerprint density at radius 2 is 1.25 bits per heavy atom. The number of halogens is 1. The minimum atomic E-state index is -1.27. The molecule has 0 aromatic carbocycles. The maximum atomic E-state index is 12.0. The second kappa shape index (κ2) is 26.2. The van der Waals surface area contributed by atoms with Gasteiger partial charge in [-0.3, -0.25) is 0 Å². The van der Waals surface area contributed by atoms with Crippen molar-refractivity contribution >= 4 is 18.3 Å². The van der Waals surface area contributed by atoms with Crippen LogP contribution in [0.3, 0.4) is 0 Å². The van der Waals surface area contributed by atoms with Crippen molar-refractivity contribution in [1.29, 1.82) is 0 Å². The Labute approximate surface area is 253 Å². The molecule has 0 aliphatic heterocycles. The molecule has 0 bridgehead atoms. The Hall–Kier alpha value is -0.440. The van der Waals surface area contributed by atoms with Crippen molar-refractivity contribution in [3.05, 3.63) is 0 Å². The van der Waals surface area contributed by atoms with Gasteiger partial charge in [0.05, 0.1) is 40.0 Å². The summed E-state index contributed by atoms with van der Waals surface area (Å²) in [6.45, 7) is 7.91. The number of hydrogen-bond donors (Lipinski definition) is 3. The second-order valence-corrected chi connectivity index (χ2v) is 13.0. The van der Waals surface area contributed by atoms with Crippen LogP contribution in [0, 0.1) is 5.41 Å². The summed E-state index contributed by atoms with van der Waals surface area (Å²) >= 11 is 0. The van der Waals surface area contributed by atoms with Crippen LogP contribution in [0.15, 0.2) is 4.99 Å². The van der Waals surface area contributed by atoms with Gasteiger partial charge in [0.15, 0.2) is 0 Å². The molecule has 8 heteroatoms. The van der Waals surface area contributed by atoms with Crippen molar-refractivity contribution in [3.8, 4) is 0 Å². The highest BCUT2D eigenvalue weighted by Gasteiger charge is 2.29. The normalized spacial score (nSPS) is 14.2. The maximum absolute atomic E-state index is 12.0. The lowest BCUT2D eigenvalue weighted by Gasteiger charge is -2.35. The summed E-state index contributed by atoms with van der Waals surface area (Å²) in [7, 11) is 4.29. The summed E-state index contributed by atoms with van der Waals surface area (Å²) in [5.41, 5.74) is -0.808. The number of ether oxygens (including phenoxy) is 1. The molecule has 40 heavy (non-hydrogen) atoms. The number of aliphatic imine (C=N–C) groups is 1. The standard InChI is InChI=1S/C32H66N2O5.ClH/c1-6-7-8-9-10-11-12-13-14-15-16-17-18-19-20-21-24-34(4,5)26-29(36)27-39-28-32(2,3)30(37)31(38)33-23-22-25-35;/h29-30,35-37H,6-28H2,1-5H3;1H. The van der Waals surface area contributed by atoms with Gasteiger partial charge in [0.25, 0.3) is 0 Å². The second-order valence-electron chi connectivity index (χ2n) is 13.0. The van der Waals surface area contributed by atoms with Gasteiger partial charge in [-0.2, -0.15) is 0 Å². The molecule has 0 aromatic heterocycles. The predicted octanol–water partition coefficient (Wildman–Crippen LogP) is 5.65. The molecule has 0 heterocycles. The van der Waals surface area contributed by atoms with E-state index in [9.17, 15) is 15.3 Å². The molecular formula is C32H67ClN2O5. The SMILES string of the molecule is CCCCCCCCCCCCCCCCCC[N+](C)(C)CC(O)COCC(C)(C)C(O)C([O-])=NCCCO.Cl. The largest absolute Gasteiger partial charge is 0.860 e. The topological polar surface area (TPSA) is 105 Å². The average molecular weight is 595 g/mol. The van der Waals surface area contributed by atoms with Crippen molar-refractivity contribution in [2.45, 2.75) is 142 Å². The summed E-state index contributed by atoms with van der Waals surface area (Å²) in [5.74, 6) is -0.589. The van der Waals surface area contributed by atoms with Crippen LogP contribution in [0.5, 0.6) is 0 Å². The van der Waals surface area contributed by atoms with E-state index >= 15 is 0 Å². The highest BCUT2D eigenvalue weighted by molar-refractivity contribution is 5.85. The smallest absolute Gasteiger partial charge is 0.126 e. The highest BCUT2D eigenvalue weighted by atomic mass is 35.5. The van der Waals surface area contributed by atoms with Crippen molar-refractivity contribution in [2.75, 3.05) is 53.6 Å². The van der Waals surface area contributed by atoms with Gasteiger partial charge in [0, 0.05) is 18.6 Å². The molecule has 0 aromatic rings. The van der Waals surface area contributed by atoms with Gasteiger partial charge >= 0.3 is 0 Å². The Morgan fingerprint density at radius 1 is 0.800 bits per heavy atom. The lowest BCUT2D eigenvalue weighted by atomic mass is 9.87. The fourth-order valence-corrected chi connectivity index (χ4v) is 5.02. The van der Waals surface area contributed by atoms with Crippen LogP contribution in [-0.2, 0) is 4.74 Å². The van der Waals surface area contributed by atoms with E-state index in [0.717, 1.165) is 11.0 Å². The summed E-state index contributed by atoms with van der Waals surface area (Å²) in [5, 5.41) is 41.6. The van der Waals surface area contributed by atoms with Crippen LogP contribution in [0.4, 0.5) is 0 Å². The maximum Gasteiger partial charge on any atom is 0.126 e. The fraction of sp³-hybridized carbons (Fsp3) is 0.969. The fourth-order valence-electron chi connectivity index (χ4n) is 5.02. The molecule has 2 atom stereocenters. The van der Waals surface area contributed by atoms with Gasteiger partial charge in [0.1, 0.15) is 12.6 Å². The first-order valence-corrected chi connectivity index (χ1v) is 16.1.